The maximum atomic E-state index is 11.8. The molecule has 31 atom stereocenters. The Kier molecular flexibility index (Phi) is 15.9. The van der Waals surface area contributed by atoms with Crippen molar-refractivity contribution in [3.05, 3.63) is 0 Å². The third-order valence-corrected chi connectivity index (χ3v) is 20.2. The average molecular weight is 1030 g/mol. The third kappa shape index (κ3) is 9.26. The maximum Gasteiger partial charge on any atom is 0.187 e. The van der Waals surface area contributed by atoms with Crippen molar-refractivity contribution < 1.29 is 104 Å². The van der Waals surface area contributed by atoms with Crippen LogP contribution in [-0.4, -0.2) is 229 Å². The molecule has 1 spiro atoms. The fourth-order valence-electron chi connectivity index (χ4n) is 16.1. The minimum absolute atomic E-state index is 0.104. The molecule has 4 saturated carbocycles. The Hall–Kier alpha value is -0.880. The quantitative estimate of drug-likeness (QED) is 0.0937. The van der Waals surface area contributed by atoms with Crippen molar-refractivity contribution in [1.29, 1.82) is 0 Å². The summed E-state index contributed by atoms with van der Waals surface area (Å²) in [5.41, 5.74) is 0.147. The smallest absolute Gasteiger partial charge is 0.187 e. The Morgan fingerprint density at radius 3 is 1.88 bits per heavy atom. The SMILES string of the molecule is C[C@H]1CC[C@]2(NC1)O[C@H]1C[C@H]3[C@@H]4CC[C@H]5C[C@@H](O[C@H]6O[C@@H](CO)[C@H](O[C@@H]7O[C@@H](CO)[C@@H](O)[C@H](OC8OC[C@H](O)[C@@H](O)[C@H]8O)[C@@H]7O[C@@H]7O[C@H](CO)[C@@H](O)[C@H](O)[C@H]7O)[C@@H](O)[C@H]6O)CC[C@]5(C)[C@H]4CC[C@]3(C)[C@H]1[C@@H]2C. The molecule has 22 heteroatoms. The van der Waals surface area contributed by atoms with Crippen LogP contribution < -0.4 is 5.32 Å². The van der Waals surface area contributed by atoms with Gasteiger partial charge < -0.3 is 104 Å². The van der Waals surface area contributed by atoms with Gasteiger partial charge in [0.1, 0.15) is 97.3 Å². The lowest BCUT2D eigenvalue weighted by molar-refractivity contribution is -0.404. The van der Waals surface area contributed by atoms with Crippen molar-refractivity contribution in [2.24, 2.45) is 52.3 Å². The molecule has 10 aliphatic rings. The van der Waals surface area contributed by atoms with E-state index in [0.29, 0.717) is 47.8 Å². The number of nitrogens with one attached hydrogen (secondary N) is 1. The highest BCUT2D eigenvalue weighted by molar-refractivity contribution is 5.16. The van der Waals surface area contributed by atoms with Gasteiger partial charge in [0.2, 0.25) is 0 Å². The summed E-state index contributed by atoms with van der Waals surface area (Å²) in [5.74, 6) is 3.87. The monoisotopic (exact) mass is 1030 g/mol. The number of hydrogen-bond donors (Lipinski definition) is 13. The van der Waals surface area contributed by atoms with Crippen LogP contribution in [0.4, 0.5) is 0 Å². The summed E-state index contributed by atoms with van der Waals surface area (Å²) in [5, 5.41) is 133. The molecule has 6 saturated heterocycles. The molecule has 0 radical (unpaired) electrons. The fraction of sp³-hybridized carbons (Fsp3) is 1.00. The first-order valence-corrected chi connectivity index (χ1v) is 26.8. The van der Waals surface area contributed by atoms with Gasteiger partial charge in [0.25, 0.3) is 0 Å². The van der Waals surface area contributed by atoms with Gasteiger partial charge in [-0.3, -0.25) is 5.32 Å². The van der Waals surface area contributed by atoms with Crippen LogP contribution in [0.15, 0.2) is 0 Å². The van der Waals surface area contributed by atoms with Crippen LogP contribution in [-0.2, 0) is 42.6 Å². The number of aliphatic hydroxyl groups is 12. The molecule has 4 aliphatic carbocycles. The van der Waals surface area contributed by atoms with Crippen molar-refractivity contribution >= 4 is 0 Å². The summed E-state index contributed by atoms with van der Waals surface area (Å²) in [4.78, 5) is 0. The molecule has 1 unspecified atom stereocenters. The van der Waals surface area contributed by atoms with E-state index in [1.165, 1.54) is 19.3 Å². The first-order chi connectivity index (χ1) is 34.3. The van der Waals surface area contributed by atoms with Crippen LogP contribution >= 0.6 is 0 Å². The molecule has 414 valence electrons. The molecule has 6 heterocycles. The molecule has 13 N–H and O–H groups in total. The maximum absolute atomic E-state index is 11.8. The molecule has 72 heavy (non-hydrogen) atoms. The van der Waals surface area contributed by atoms with Gasteiger partial charge >= 0.3 is 0 Å². The lowest BCUT2D eigenvalue weighted by atomic mass is 9.44. The molecule has 0 aromatic rings. The number of aliphatic hydroxyl groups excluding tert-OH is 12. The van der Waals surface area contributed by atoms with E-state index in [1.807, 2.05) is 0 Å². The van der Waals surface area contributed by atoms with Gasteiger partial charge in [-0.1, -0.05) is 27.7 Å². The number of ether oxygens (including phenoxy) is 9. The highest BCUT2D eigenvalue weighted by Crippen LogP contribution is 2.71. The molecule has 0 aromatic heterocycles. The highest BCUT2D eigenvalue weighted by atomic mass is 16.8. The van der Waals surface area contributed by atoms with Crippen molar-refractivity contribution in [3.8, 4) is 0 Å². The first kappa shape index (κ1) is 54.5. The second-order valence-electron chi connectivity index (χ2n) is 24.0. The van der Waals surface area contributed by atoms with E-state index >= 15 is 0 Å². The zero-order chi connectivity index (χ0) is 51.3. The molecule has 22 nitrogen and oxygen atoms in total. The zero-order valence-corrected chi connectivity index (χ0v) is 41.8. The second kappa shape index (κ2) is 21.1. The lowest BCUT2D eigenvalue weighted by Crippen LogP contribution is -2.68. The van der Waals surface area contributed by atoms with Crippen LogP contribution in [0.5, 0.6) is 0 Å². The molecule has 10 rings (SSSR count). The molecule has 0 aromatic carbocycles. The Morgan fingerprint density at radius 2 is 1.17 bits per heavy atom. The predicted octanol–water partition coefficient (Wildman–Crippen LogP) is -2.70. The van der Waals surface area contributed by atoms with Gasteiger partial charge in [0.05, 0.1) is 38.6 Å². The van der Waals surface area contributed by atoms with Crippen LogP contribution in [0.1, 0.15) is 91.9 Å². The van der Waals surface area contributed by atoms with E-state index < -0.39 is 143 Å². The van der Waals surface area contributed by atoms with Gasteiger partial charge in [-0.2, -0.15) is 0 Å². The van der Waals surface area contributed by atoms with E-state index in [2.05, 4.69) is 33.0 Å². The van der Waals surface area contributed by atoms with Gasteiger partial charge in [0, 0.05) is 12.5 Å². The number of piperidine rings is 1. The van der Waals surface area contributed by atoms with Crippen molar-refractivity contribution in [3.63, 3.8) is 0 Å². The molecule has 6 aliphatic heterocycles. The zero-order valence-electron chi connectivity index (χ0n) is 41.8. The van der Waals surface area contributed by atoms with Crippen LogP contribution in [0, 0.1) is 52.3 Å². The minimum Gasteiger partial charge on any atom is -0.394 e. The summed E-state index contributed by atoms with van der Waals surface area (Å²) in [7, 11) is 0. The van der Waals surface area contributed by atoms with E-state index in [0.717, 1.165) is 45.1 Å². The van der Waals surface area contributed by atoms with Crippen molar-refractivity contribution in [2.45, 2.75) is 227 Å². The van der Waals surface area contributed by atoms with Gasteiger partial charge in [-0.15, -0.1) is 0 Å². The van der Waals surface area contributed by atoms with Crippen LogP contribution in [0.25, 0.3) is 0 Å². The fourth-order valence-corrected chi connectivity index (χ4v) is 16.1. The van der Waals surface area contributed by atoms with E-state index in [-0.39, 0.29) is 28.8 Å². The largest absolute Gasteiger partial charge is 0.394 e. The third-order valence-electron chi connectivity index (χ3n) is 20.2. The summed E-state index contributed by atoms with van der Waals surface area (Å²) in [6.45, 7) is 7.84. The van der Waals surface area contributed by atoms with E-state index in [9.17, 15) is 61.3 Å². The molecular formula is C50H83NO21. The summed E-state index contributed by atoms with van der Waals surface area (Å²) < 4.78 is 55.0. The van der Waals surface area contributed by atoms with E-state index in [4.69, 9.17) is 42.6 Å². The number of hydrogen-bond acceptors (Lipinski definition) is 22. The standard InChI is InChI=1S/C50H83NO21/c1-20-7-12-50(51-15-20)21(2)32-28(72-50)14-26-24-6-5-22-13-23(8-10-48(22,3)25(24)9-11-49(26,32)4)65-45-40(63)37(60)41(31(18-54)68-45)69-47-43(71-46-39(62)36(59)34(57)29(16-52)66-46)42(35(58)30(17-53)67-47)70-44-38(61)33(56)27(55)19-64-44/h20-47,51-63H,5-19H2,1-4H3/t20-,21-,22-,23-,24+,25-,26-,27-,28-,29+,30-,31-,32-,33+,34+,35+,36-,37-,38+,39+,40+,41-,42-,43-,44?,45-,46-,47-,48-,49-,50-/m0/s1. The van der Waals surface area contributed by atoms with Crippen molar-refractivity contribution in [1.82, 2.24) is 5.32 Å². The van der Waals surface area contributed by atoms with Gasteiger partial charge in [-0.05, 0) is 111 Å². The Morgan fingerprint density at radius 1 is 0.542 bits per heavy atom. The Bertz CT molecular complexity index is 1830. The Labute approximate surface area is 420 Å². The Balaban J connectivity index is 0.812. The normalized spacial score (nSPS) is 57.8. The van der Waals surface area contributed by atoms with E-state index in [1.54, 1.807) is 0 Å². The number of fused-ring (bicyclic) bond motifs is 7. The summed E-state index contributed by atoms with van der Waals surface area (Å²) >= 11 is 0. The van der Waals surface area contributed by atoms with Gasteiger partial charge in [0.15, 0.2) is 25.2 Å². The summed E-state index contributed by atoms with van der Waals surface area (Å²) in [6.07, 6.45) is -22.4. The topological polar surface area (TPSA) is 338 Å². The molecule has 0 bridgehead atoms. The van der Waals surface area contributed by atoms with Crippen LogP contribution in [0.2, 0.25) is 0 Å². The summed E-state index contributed by atoms with van der Waals surface area (Å²) in [6, 6.07) is 0. The van der Waals surface area contributed by atoms with Crippen LogP contribution in [0.3, 0.4) is 0 Å². The predicted molar refractivity (Wildman–Crippen MR) is 244 cm³/mol. The first-order valence-electron chi connectivity index (χ1n) is 26.8. The molecule has 10 fully saturated rings. The molecular weight excluding hydrogens is 951 g/mol. The average Bonchev–Trinajstić information content (AvgIpc) is 3.82. The second-order valence-corrected chi connectivity index (χ2v) is 24.0. The van der Waals surface area contributed by atoms with Crippen molar-refractivity contribution in [2.75, 3.05) is 33.0 Å². The van der Waals surface area contributed by atoms with Gasteiger partial charge in [-0.25, -0.2) is 0 Å². The number of rotatable bonds is 11. The highest BCUT2D eigenvalue weighted by Gasteiger charge is 2.69. The minimum atomic E-state index is -1.99. The molecule has 0 amide bonds. The lowest BCUT2D eigenvalue weighted by Gasteiger charge is -2.61.